The molecule has 7 nitrogen and oxygen atoms in total. The molecule has 0 heterocycles. The zero-order valence-corrected chi connectivity index (χ0v) is 8.64. The Hall–Kier alpha value is -2.22. The van der Waals surface area contributed by atoms with Crippen LogP contribution in [0.25, 0.3) is 0 Å². The highest BCUT2D eigenvalue weighted by Gasteiger charge is 2.22. The molecule has 0 fully saturated rings. The molecular weight excluding hydrogens is 233 g/mol. The summed E-state index contributed by atoms with van der Waals surface area (Å²) in [6, 6.07) is 1.45. The van der Waals surface area contributed by atoms with E-state index in [1.54, 1.807) is 0 Å². The molecule has 1 rings (SSSR count). The topological polar surface area (TPSA) is 118 Å². The van der Waals surface area contributed by atoms with Crippen LogP contribution >= 0.6 is 0 Å². The predicted octanol–water partition coefficient (Wildman–Crippen LogP) is 0.803. The molecule has 0 aliphatic heterocycles. The standard InChI is InChI=1S/C9H10FN3O4/c10-6-4-8(13(16)17)5(9(14)15)3-7(6)12-2-1-11/h3-4,12H,1-2,11H2,(H,14,15). The van der Waals surface area contributed by atoms with Crippen LogP contribution in [0.1, 0.15) is 10.4 Å². The largest absolute Gasteiger partial charge is 0.477 e. The van der Waals surface area contributed by atoms with E-state index in [0.29, 0.717) is 6.07 Å². The third kappa shape index (κ3) is 2.88. The van der Waals surface area contributed by atoms with Crippen molar-refractivity contribution >= 4 is 17.3 Å². The molecule has 0 spiro atoms. The number of anilines is 1. The van der Waals surface area contributed by atoms with E-state index < -0.39 is 28.0 Å². The van der Waals surface area contributed by atoms with E-state index in [-0.39, 0.29) is 18.8 Å². The van der Waals surface area contributed by atoms with Crippen molar-refractivity contribution in [3.63, 3.8) is 0 Å². The number of nitrogens with two attached hydrogens (primary N) is 1. The summed E-state index contributed by atoms with van der Waals surface area (Å²) in [5.74, 6) is -2.39. The molecule has 0 bridgehead atoms. The van der Waals surface area contributed by atoms with Crippen LogP contribution in [0.2, 0.25) is 0 Å². The van der Waals surface area contributed by atoms with Gasteiger partial charge < -0.3 is 16.2 Å². The van der Waals surface area contributed by atoms with Gasteiger partial charge in [0.2, 0.25) is 0 Å². The summed E-state index contributed by atoms with van der Waals surface area (Å²) in [7, 11) is 0. The van der Waals surface area contributed by atoms with Gasteiger partial charge in [-0.3, -0.25) is 10.1 Å². The van der Waals surface area contributed by atoms with Crippen LogP contribution in [0, 0.1) is 15.9 Å². The minimum absolute atomic E-state index is 0.126. The van der Waals surface area contributed by atoms with Crippen LogP contribution in [0.4, 0.5) is 15.8 Å². The fourth-order valence-corrected chi connectivity index (χ4v) is 1.23. The molecule has 8 heteroatoms. The number of nitrogens with zero attached hydrogens (tertiary/aromatic N) is 1. The van der Waals surface area contributed by atoms with Crippen molar-refractivity contribution < 1.29 is 19.2 Å². The number of benzene rings is 1. The Balaban J connectivity index is 3.24. The molecule has 0 saturated carbocycles. The van der Waals surface area contributed by atoms with Gasteiger partial charge in [0.05, 0.1) is 16.7 Å². The molecule has 1 aromatic rings. The van der Waals surface area contributed by atoms with E-state index in [1.807, 2.05) is 0 Å². The Morgan fingerprint density at radius 1 is 1.59 bits per heavy atom. The number of rotatable bonds is 5. The van der Waals surface area contributed by atoms with Crippen molar-refractivity contribution in [3.8, 4) is 0 Å². The van der Waals surface area contributed by atoms with Crippen LogP contribution in [0.5, 0.6) is 0 Å². The summed E-state index contributed by atoms with van der Waals surface area (Å²) in [6.45, 7) is 0.451. The highest BCUT2D eigenvalue weighted by Crippen LogP contribution is 2.25. The van der Waals surface area contributed by atoms with Gasteiger partial charge in [-0.25, -0.2) is 9.18 Å². The fraction of sp³-hybridized carbons (Fsp3) is 0.222. The number of aromatic carboxylic acids is 1. The van der Waals surface area contributed by atoms with E-state index in [2.05, 4.69) is 5.32 Å². The molecule has 1 aromatic carbocycles. The average molecular weight is 243 g/mol. The molecular formula is C9H10FN3O4. The first-order valence-corrected chi connectivity index (χ1v) is 4.62. The summed E-state index contributed by atoms with van der Waals surface area (Å²) in [5, 5.41) is 21.9. The van der Waals surface area contributed by atoms with Gasteiger partial charge in [0.15, 0.2) is 5.82 Å². The molecule has 0 radical (unpaired) electrons. The second-order valence-electron chi connectivity index (χ2n) is 3.13. The number of nitro benzene ring substituents is 1. The van der Waals surface area contributed by atoms with Crippen LogP contribution in [-0.4, -0.2) is 29.1 Å². The molecule has 92 valence electrons. The van der Waals surface area contributed by atoms with Crippen molar-refractivity contribution in [2.45, 2.75) is 0 Å². The molecule has 17 heavy (non-hydrogen) atoms. The summed E-state index contributed by atoms with van der Waals surface area (Å²) < 4.78 is 13.4. The van der Waals surface area contributed by atoms with Crippen molar-refractivity contribution in [2.24, 2.45) is 5.73 Å². The smallest absolute Gasteiger partial charge is 0.342 e. The van der Waals surface area contributed by atoms with Gasteiger partial charge >= 0.3 is 5.97 Å². The van der Waals surface area contributed by atoms with Gasteiger partial charge in [-0.2, -0.15) is 0 Å². The van der Waals surface area contributed by atoms with Gasteiger partial charge in [0.1, 0.15) is 5.56 Å². The lowest BCUT2D eigenvalue weighted by atomic mass is 10.1. The predicted molar refractivity (Wildman–Crippen MR) is 57.6 cm³/mol. The van der Waals surface area contributed by atoms with E-state index in [9.17, 15) is 19.3 Å². The fourth-order valence-electron chi connectivity index (χ4n) is 1.23. The van der Waals surface area contributed by atoms with Crippen LogP contribution in [0.15, 0.2) is 12.1 Å². The Morgan fingerprint density at radius 2 is 2.24 bits per heavy atom. The second kappa shape index (κ2) is 5.21. The first kappa shape index (κ1) is 12.8. The minimum atomic E-state index is -1.49. The molecule has 0 aromatic heterocycles. The number of carbonyl (C=O) groups is 1. The van der Waals surface area contributed by atoms with Crippen molar-refractivity contribution in [2.75, 3.05) is 18.4 Å². The van der Waals surface area contributed by atoms with Crippen molar-refractivity contribution in [3.05, 3.63) is 33.6 Å². The van der Waals surface area contributed by atoms with Gasteiger partial charge in [-0.1, -0.05) is 0 Å². The number of hydrogen-bond donors (Lipinski definition) is 3. The summed E-state index contributed by atoms with van der Waals surface area (Å²) in [5.41, 5.74) is 3.71. The maximum absolute atomic E-state index is 13.4. The average Bonchev–Trinajstić information content (AvgIpc) is 2.26. The Kier molecular flexibility index (Phi) is 3.94. The normalized spacial score (nSPS) is 10.0. The second-order valence-corrected chi connectivity index (χ2v) is 3.13. The number of nitro groups is 1. The molecule has 0 unspecified atom stereocenters. The molecule has 4 N–H and O–H groups in total. The third-order valence-electron chi connectivity index (χ3n) is 1.97. The lowest BCUT2D eigenvalue weighted by molar-refractivity contribution is -0.385. The maximum Gasteiger partial charge on any atom is 0.342 e. The third-order valence-corrected chi connectivity index (χ3v) is 1.97. The number of nitrogens with one attached hydrogen (secondary N) is 1. The van der Waals surface area contributed by atoms with Crippen molar-refractivity contribution in [1.29, 1.82) is 0 Å². The van der Waals surface area contributed by atoms with Gasteiger partial charge in [0.25, 0.3) is 5.69 Å². The highest BCUT2D eigenvalue weighted by atomic mass is 19.1. The van der Waals surface area contributed by atoms with E-state index in [1.165, 1.54) is 0 Å². The lowest BCUT2D eigenvalue weighted by Crippen LogP contribution is -2.15. The van der Waals surface area contributed by atoms with Crippen LogP contribution < -0.4 is 11.1 Å². The molecule has 0 amide bonds. The zero-order valence-electron chi connectivity index (χ0n) is 8.64. The summed E-state index contributed by atoms with van der Waals surface area (Å²) in [6.07, 6.45) is 0. The van der Waals surface area contributed by atoms with Gasteiger partial charge in [-0.15, -0.1) is 0 Å². The van der Waals surface area contributed by atoms with Crippen LogP contribution in [0.3, 0.4) is 0 Å². The molecule has 0 saturated heterocycles. The lowest BCUT2D eigenvalue weighted by Gasteiger charge is -2.07. The number of hydrogen-bond acceptors (Lipinski definition) is 5. The summed E-state index contributed by atoms with van der Waals surface area (Å²) >= 11 is 0. The van der Waals surface area contributed by atoms with Gasteiger partial charge in [0, 0.05) is 13.1 Å². The van der Waals surface area contributed by atoms with Gasteiger partial charge in [-0.05, 0) is 6.07 Å². The monoisotopic (exact) mass is 243 g/mol. The maximum atomic E-state index is 13.4. The minimum Gasteiger partial charge on any atom is -0.477 e. The Labute approximate surface area is 95.2 Å². The molecule has 0 aliphatic rings. The van der Waals surface area contributed by atoms with Crippen molar-refractivity contribution in [1.82, 2.24) is 0 Å². The molecule has 0 atom stereocenters. The number of carboxylic acid groups (broad SMARTS) is 1. The summed E-state index contributed by atoms with van der Waals surface area (Å²) in [4.78, 5) is 20.4. The Morgan fingerprint density at radius 3 is 2.71 bits per heavy atom. The number of halogens is 1. The first-order chi connectivity index (χ1) is 7.97. The molecule has 0 aliphatic carbocycles. The Bertz CT molecular complexity index is 464. The first-order valence-electron chi connectivity index (χ1n) is 4.62. The quantitative estimate of drug-likeness (QED) is 0.520. The SMILES string of the molecule is NCCNc1cc(C(=O)O)c([N+](=O)[O-])cc1F. The van der Waals surface area contributed by atoms with E-state index in [4.69, 9.17) is 10.8 Å². The van der Waals surface area contributed by atoms with E-state index in [0.717, 1.165) is 6.07 Å². The van der Waals surface area contributed by atoms with E-state index >= 15 is 0 Å². The zero-order chi connectivity index (χ0) is 13.0. The van der Waals surface area contributed by atoms with Crippen LogP contribution in [-0.2, 0) is 0 Å². The number of carboxylic acids is 1. The highest BCUT2D eigenvalue weighted by molar-refractivity contribution is 5.93.